The van der Waals surface area contributed by atoms with E-state index in [1.165, 1.54) is 0 Å². The van der Waals surface area contributed by atoms with E-state index >= 15 is 0 Å². The number of hydrogen-bond donors (Lipinski definition) is 3. The highest BCUT2D eigenvalue weighted by molar-refractivity contribution is 5.84. The molecule has 5 nitrogen and oxygen atoms in total. The van der Waals surface area contributed by atoms with Crippen LogP contribution in [0.1, 0.15) is 59.8 Å². The van der Waals surface area contributed by atoms with Crippen molar-refractivity contribution in [3.05, 3.63) is 0 Å². The number of nitrogens with one attached hydrogen (secondary N) is 1. The molecule has 0 bridgehead atoms. The number of aliphatic hydroxyl groups excluding tert-OH is 1. The Balaban J connectivity index is 4.67. The molecular weight excluding hydrogens is 258 g/mol. The number of aliphatic carboxylic acids is 1. The highest BCUT2D eigenvalue weighted by Crippen LogP contribution is 2.31. The quantitative estimate of drug-likeness (QED) is 0.575. The van der Waals surface area contributed by atoms with Gasteiger partial charge < -0.3 is 15.5 Å². The second kappa shape index (κ2) is 8.25. The molecule has 3 N–H and O–H groups in total. The normalized spacial score (nSPS) is 12.2. The van der Waals surface area contributed by atoms with Gasteiger partial charge in [0.1, 0.15) is 0 Å². The van der Waals surface area contributed by atoms with Crippen LogP contribution < -0.4 is 5.32 Å². The number of carbonyl (C=O) groups excluding carboxylic acids is 1. The lowest BCUT2D eigenvalue weighted by Gasteiger charge is -2.31. The Morgan fingerprint density at radius 2 is 1.50 bits per heavy atom. The minimum absolute atomic E-state index is 0.00965. The number of rotatable bonds is 10. The van der Waals surface area contributed by atoms with Gasteiger partial charge in [0.2, 0.25) is 5.91 Å². The molecule has 0 aliphatic heterocycles. The Morgan fingerprint density at radius 3 is 1.80 bits per heavy atom. The second-order valence-corrected chi connectivity index (χ2v) is 5.61. The van der Waals surface area contributed by atoms with Gasteiger partial charge in [0.25, 0.3) is 0 Å². The third-order valence-corrected chi connectivity index (χ3v) is 4.80. The minimum atomic E-state index is -0.982. The van der Waals surface area contributed by atoms with Crippen molar-refractivity contribution in [1.29, 1.82) is 0 Å². The molecule has 0 spiro atoms. The summed E-state index contributed by atoms with van der Waals surface area (Å²) in [5.41, 5.74) is -1.29. The van der Waals surface area contributed by atoms with Crippen LogP contribution in [0.15, 0.2) is 0 Å². The summed E-state index contributed by atoms with van der Waals surface area (Å²) in [4.78, 5) is 23.4. The molecule has 0 aromatic rings. The number of amides is 1. The van der Waals surface area contributed by atoms with Gasteiger partial charge in [-0.3, -0.25) is 9.59 Å². The summed E-state index contributed by atoms with van der Waals surface area (Å²) < 4.78 is 0. The summed E-state index contributed by atoms with van der Waals surface area (Å²) >= 11 is 0. The van der Waals surface area contributed by atoms with Crippen LogP contribution in [-0.2, 0) is 9.59 Å². The number of carbonyl (C=O) groups is 2. The van der Waals surface area contributed by atoms with Gasteiger partial charge in [0.15, 0.2) is 0 Å². The van der Waals surface area contributed by atoms with Gasteiger partial charge in [0.05, 0.1) is 12.0 Å². The topological polar surface area (TPSA) is 86.6 Å². The maximum atomic E-state index is 12.0. The molecule has 0 heterocycles. The monoisotopic (exact) mass is 287 g/mol. The smallest absolute Gasteiger partial charge is 0.310 e. The van der Waals surface area contributed by atoms with Gasteiger partial charge in [-0.05, 0) is 25.7 Å². The summed E-state index contributed by atoms with van der Waals surface area (Å²) in [7, 11) is 0. The molecule has 118 valence electrons. The van der Waals surface area contributed by atoms with Gasteiger partial charge >= 0.3 is 5.97 Å². The van der Waals surface area contributed by atoms with Crippen LogP contribution in [0.2, 0.25) is 0 Å². The largest absolute Gasteiger partial charge is 0.481 e. The second-order valence-electron chi connectivity index (χ2n) is 5.61. The summed E-state index contributed by atoms with van der Waals surface area (Å²) in [6.45, 7) is 7.95. The van der Waals surface area contributed by atoms with Crippen molar-refractivity contribution >= 4 is 11.9 Å². The first-order chi connectivity index (χ1) is 9.35. The van der Waals surface area contributed by atoms with E-state index in [0.29, 0.717) is 19.4 Å². The van der Waals surface area contributed by atoms with Crippen LogP contribution in [0.5, 0.6) is 0 Å². The molecule has 0 rings (SSSR count). The lowest BCUT2D eigenvalue weighted by Crippen LogP contribution is -2.42. The van der Waals surface area contributed by atoms with Crippen molar-refractivity contribution < 1.29 is 19.8 Å². The van der Waals surface area contributed by atoms with Gasteiger partial charge in [0, 0.05) is 18.4 Å². The number of carboxylic acid groups (broad SMARTS) is 1. The molecule has 0 aromatic heterocycles. The molecule has 0 aliphatic carbocycles. The molecule has 1 amide bonds. The SMILES string of the molecule is CCC(CC)(CO)CNC(=O)CC(CC)(CC)C(=O)O. The van der Waals surface area contributed by atoms with E-state index in [1.54, 1.807) is 13.8 Å². The summed E-state index contributed by atoms with van der Waals surface area (Å²) in [5, 5.41) is 21.6. The van der Waals surface area contributed by atoms with E-state index in [1.807, 2.05) is 13.8 Å². The van der Waals surface area contributed by atoms with Crippen molar-refractivity contribution in [2.24, 2.45) is 10.8 Å². The van der Waals surface area contributed by atoms with Crippen molar-refractivity contribution in [3.63, 3.8) is 0 Å². The zero-order valence-electron chi connectivity index (χ0n) is 13.2. The maximum Gasteiger partial charge on any atom is 0.310 e. The summed E-state index contributed by atoms with van der Waals surface area (Å²) in [6, 6.07) is 0. The van der Waals surface area contributed by atoms with Crippen LogP contribution in [0.25, 0.3) is 0 Å². The average Bonchev–Trinajstić information content (AvgIpc) is 2.46. The van der Waals surface area contributed by atoms with E-state index in [2.05, 4.69) is 5.32 Å². The van der Waals surface area contributed by atoms with Crippen molar-refractivity contribution in [2.75, 3.05) is 13.2 Å². The molecule has 20 heavy (non-hydrogen) atoms. The third kappa shape index (κ3) is 4.47. The molecule has 0 aliphatic rings. The molecule has 0 saturated heterocycles. The Hall–Kier alpha value is -1.10. The van der Waals surface area contributed by atoms with E-state index in [9.17, 15) is 19.8 Å². The van der Waals surface area contributed by atoms with Crippen LogP contribution in [0, 0.1) is 10.8 Å². The van der Waals surface area contributed by atoms with E-state index in [4.69, 9.17) is 0 Å². The fraction of sp³-hybridized carbons (Fsp3) is 0.867. The number of carboxylic acids is 1. The van der Waals surface area contributed by atoms with Gasteiger partial charge in [-0.1, -0.05) is 27.7 Å². The van der Waals surface area contributed by atoms with Gasteiger partial charge in [-0.25, -0.2) is 0 Å². The van der Waals surface area contributed by atoms with E-state index in [-0.39, 0.29) is 24.3 Å². The van der Waals surface area contributed by atoms with Crippen LogP contribution in [-0.4, -0.2) is 35.2 Å². The lowest BCUT2D eigenvalue weighted by atomic mass is 9.78. The highest BCUT2D eigenvalue weighted by atomic mass is 16.4. The number of aliphatic hydroxyl groups is 1. The van der Waals surface area contributed by atoms with Crippen molar-refractivity contribution in [3.8, 4) is 0 Å². The molecular formula is C15H29NO4. The summed E-state index contributed by atoms with van der Waals surface area (Å²) in [6.07, 6.45) is 2.39. The fourth-order valence-corrected chi connectivity index (χ4v) is 2.31. The molecule has 5 heteroatoms. The average molecular weight is 287 g/mol. The predicted octanol–water partition coefficient (Wildman–Crippen LogP) is 2.18. The van der Waals surface area contributed by atoms with Crippen molar-refractivity contribution in [1.82, 2.24) is 5.32 Å². The third-order valence-electron chi connectivity index (χ3n) is 4.80. The van der Waals surface area contributed by atoms with Crippen LogP contribution >= 0.6 is 0 Å². The molecule has 0 unspecified atom stereocenters. The molecule has 0 fully saturated rings. The van der Waals surface area contributed by atoms with E-state index in [0.717, 1.165) is 12.8 Å². The highest BCUT2D eigenvalue weighted by Gasteiger charge is 2.37. The van der Waals surface area contributed by atoms with Gasteiger partial charge in [-0.2, -0.15) is 0 Å². The first-order valence-electron chi connectivity index (χ1n) is 7.46. The Bertz CT molecular complexity index is 312. The van der Waals surface area contributed by atoms with Crippen LogP contribution in [0.3, 0.4) is 0 Å². The molecule has 0 aromatic carbocycles. The fourth-order valence-electron chi connectivity index (χ4n) is 2.31. The number of hydrogen-bond acceptors (Lipinski definition) is 3. The predicted molar refractivity (Wildman–Crippen MR) is 78.4 cm³/mol. The van der Waals surface area contributed by atoms with Crippen molar-refractivity contribution in [2.45, 2.75) is 59.8 Å². The maximum absolute atomic E-state index is 12.0. The molecule has 0 radical (unpaired) electrons. The first-order valence-corrected chi connectivity index (χ1v) is 7.46. The first kappa shape index (κ1) is 18.9. The zero-order valence-corrected chi connectivity index (χ0v) is 13.2. The lowest BCUT2D eigenvalue weighted by molar-refractivity contribution is -0.152. The van der Waals surface area contributed by atoms with E-state index < -0.39 is 11.4 Å². The van der Waals surface area contributed by atoms with Crippen LogP contribution in [0.4, 0.5) is 0 Å². The Morgan fingerprint density at radius 1 is 1.00 bits per heavy atom. The standard InChI is InChI=1S/C15H29NO4/c1-5-14(6-2,11-17)10-16-12(18)9-15(7-3,8-4)13(19)20/h17H,5-11H2,1-4H3,(H,16,18)(H,19,20). The van der Waals surface area contributed by atoms with Gasteiger partial charge in [-0.15, -0.1) is 0 Å². The Labute approximate surface area is 121 Å². The Kier molecular flexibility index (Phi) is 7.79. The summed E-state index contributed by atoms with van der Waals surface area (Å²) in [5.74, 6) is -1.17. The molecule has 0 atom stereocenters. The minimum Gasteiger partial charge on any atom is -0.481 e. The zero-order chi connectivity index (χ0) is 15.8. The molecule has 0 saturated carbocycles.